The molecule has 1 aromatic rings. The Bertz CT molecular complexity index is 442. The Morgan fingerprint density at radius 1 is 1.44 bits per heavy atom. The van der Waals surface area contributed by atoms with E-state index in [0.29, 0.717) is 24.9 Å². The minimum absolute atomic E-state index is 0. The van der Waals surface area contributed by atoms with E-state index in [1.807, 2.05) is 0 Å². The first-order valence-corrected chi connectivity index (χ1v) is 5.47. The highest BCUT2D eigenvalue weighted by molar-refractivity contribution is 5.85. The SMILES string of the molecule is Cl.O=C(O)[C@@H]1C[C@H](Cc2cccc(F)c2F)CN1. The molecule has 1 saturated heterocycles. The Morgan fingerprint density at radius 2 is 2.17 bits per heavy atom. The summed E-state index contributed by atoms with van der Waals surface area (Å²) < 4.78 is 26.4. The number of halogens is 3. The molecule has 0 bridgehead atoms. The number of hydrogen-bond donors (Lipinski definition) is 2. The van der Waals surface area contributed by atoms with E-state index in [0.717, 1.165) is 6.07 Å². The quantitative estimate of drug-likeness (QED) is 0.888. The van der Waals surface area contributed by atoms with Crippen LogP contribution in [-0.2, 0) is 11.2 Å². The molecule has 0 amide bonds. The van der Waals surface area contributed by atoms with Gasteiger partial charge < -0.3 is 10.4 Å². The van der Waals surface area contributed by atoms with E-state index in [9.17, 15) is 13.6 Å². The first-order valence-electron chi connectivity index (χ1n) is 5.47. The lowest BCUT2D eigenvalue weighted by molar-refractivity contribution is -0.139. The second-order valence-corrected chi connectivity index (χ2v) is 4.32. The molecule has 1 aliphatic rings. The normalized spacial score (nSPS) is 22.6. The van der Waals surface area contributed by atoms with Gasteiger partial charge in [0.1, 0.15) is 6.04 Å². The number of rotatable bonds is 3. The van der Waals surface area contributed by atoms with Gasteiger partial charge in [-0.2, -0.15) is 0 Å². The summed E-state index contributed by atoms with van der Waals surface area (Å²) in [5.41, 5.74) is 0.308. The van der Waals surface area contributed by atoms with Gasteiger partial charge in [0.2, 0.25) is 0 Å². The van der Waals surface area contributed by atoms with Crippen molar-refractivity contribution < 1.29 is 18.7 Å². The van der Waals surface area contributed by atoms with E-state index >= 15 is 0 Å². The number of carbonyl (C=O) groups is 1. The molecule has 2 rings (SSSR count). The first-order chi connectivity index (χ1) is 8.08. The molecule has 1 fully saturated rings. The predicted octanol–water partition coefficient (Wildman–Crippen LogP) is 1.99. The summed E-state index contributed by atoms with van der Waals surface area (Å²) in [6.07, 6.45) is 0.811. The van der Waals surface area contributed by atoms with Gasteiger partial charge in [-0.25, -0.2) is 8.78 Å². The molecule has 6 heteroatoms. The molecule has 18 heavy (non-hydrogen) atoms. The van der Waals surface area contributed by atoms with Crippen molar-refractivity contribution in [1.29, 1.82) is 0 Å². The lowest BCUT2D eigenvalue weighted by Crippen LogP contribution is -2.29. The van der Waals surface area contributed by atoms with Crippen LogP contribution in [0.5, 0.6) is 0 Å². The Kier molecular flexibility index (Phi) is 5.04. The fourth-order valence-corrected chi connectivity index (χ4v) is 2.17. The van der Waals surface area contributed by atoms with Crippen molar-refractivity contribution in [2.75, 3.05) is 6.54 Å². The number of carboxylic acids is 1. The van der Waals surface area contributed by atoms with E-state index in [-0.39, 0.29) is 18.3 Å². The van der Waals surface area contributed by atoms with Crippen molar-refractivity contribution in [1.82, 2.24) is 5.32 Å². The second-order valence-electron chi connectivity index (χ2n) is 4.32. The second kappa shape index (κ2) is 6.11. The Morgan fingerprint density at radius 3 is 2.78 bits per heavy atom. The summed E-state index contributed by atoms with van der Waals surface area (Å²) in [5, 5.41) is 11.6. The molecular formula is C12H14ClF2NO2. The van der Waals surface area contributed by atoms with Crippen LogP contribution < -0.4 is 5.32 Å². The third-order valence-electron chi connectivity index (χ3n) is 3.06. The van der Waals surface area contributed by atoms with Gasteiger partial charge in [-0.15, -0.1) is 12.4 Å². The maximum Gasteiger partial charge on any atom is 0.320 e. The molecular weight excluding hydrogens is 264 g/mol. The maximum absolute atomic E-state index is 13.4. The van der Waals surface area contributed by atoms with Crippen LogP contribution in [0.3, 0.4) is 0 Å². The van der Waals surface area contributed by atoms with Crippen LogP contribution in [0.2, 0.25) is 0 Å². The monoisotopic (exact) mass is 277 g/mol. The molecule has 2 N–H and O–H groups in total. The maximum atomic E-state index is 13.4. The molecule has 0 saturated carbocycles. The van der Waals surface area contributed by atoms with Crippen molar-refractivity contribution in [2.45, 2.75) is 18.9 Å². The zero-order valence-corrected chi connectivity index (χ0v) is 10.3. The number of hydrogen-bond acceptors (Lipinski definition) is 2. The Labute approximate surface area is 110 Å². The minimum Gasteiger partial charge on any atom is -0.480 e. The highest BCUT2D eigenvalue weighted by Gasteiger charge is 2.29. The van der Waals surface area contributed by atoms with Crippen LogP contribution in [0.25, 0.3) is 0 Å². The van der Waals surface area contributed by atoms with Crippen molar-refractivity contribution >= 4 is 18.4 Å². The zero-order valence-electron chi connectivity index (χ0n) is 9.53. The van der Waals surface area contributed by atoms with Crippen molar-refractivity contribution in [3.8, 4) is 0 Å². The van der Waals surface area contributed by atoms with Crippen LogP contribution in [0.15, 0.2) is 18.2 Å². The van der Waals surface area contributed by atoms with Crippen LogP contribution in [0, 0.1) is 17.6 Å². The number of nitrogens with one attached hydrogen (secondary N) is 1. The predicted molar refractivity (Wildman–Crippen MR) is 64.8 cm³/mol. The Hall–Kier alpha value is -1.20. The van der Waals surface area contributed by atoms with Crippen LogP contribution in [0.1, 0.15) is 12.0 Å². The molecule has 100 valence electrons. The summed E-state index contributed by atoms with van der Waals surface area (Å²) in [7, 11) is 0. The third kappa shape index (κ3) is 3.17. The lowest BCUT2D eigenvalue weighted by Gasteiger charge is -2.09. The lowest BCUT2D eigenvalue weighted by atomic mass is 9.96. The molecule has 1 aromatic carbocycles. The molecule has 0 aromatic heterocycles. The number of carboxylic acid groups (broad SMARTS) is 1. The summed E-state index contributed by atoms with van der Waals surface area (Å²) in [6.45, 7) is 0.521. The number of aliphatic carboxylic acids is 1. The van der Waals surface area contributed by atoms with E-state index in [2.05, 4.69) is 5.32 Å². The van der Waals surface area contributed by atoms with E-state index < -0.39 is 23.6 Å². The molecule has 0 spiro atoms. The summed E-state index contributed by atoms with van der Waals surface area (Å²) in [6, 6.07) is 3.50. The van der Waals surface area contributed by atoms with Crippen molar-refractivity contribution in [2.24, 2.45) is 5.92 Å². The standard InChI is InChI=1S/C12H13F2NO2.ClH/c13-9-3-1-2-8(11(9)14)4-7-5-10(12(16)17)15-6-7;/h1-3,7,10,15H,4-6H2,(H,16,17);1H/t7-,10-;/m0./s1. The third-order valence-corrected chi connectivity index (χ3v) is 3.06. The summed E-state index contributed by atoms with van der Waals surface area (Å²) in [4.78, 5) is 10.7. The van der Waals surface area contributed by atoms with Crippen molar-refractivity contribution in [3.63, 3.8) is 0 Å². The van der Waals surface area contributed by atoms with Crippen LogP contribution >= 0.6 is 12.4 Å². The van der Waals surface area contributed by atoms with Crippen LogP contribution in [0.4, 0.5) is 8.78 Å². The summed E-state index contributed by atoms with van der Waals surface area (Å²) in [5.74, 6) is -2.55. The highest BCUT2D eigenvalue weighted by atomic mass is 35.5. The van der Waals surface area contributed by atoms with Gasteiger partial charge >= 0.3 is 5.97 Å². The van der Waals surface area contributed by atoms with E-state index in [1.54, 1.807) is 0 Å². The largest absolute Gasteiger partial charge is 0.480 e. The average Bonchev–Trinajstić information content (AvgIpc) is 2.73. The van der Waals surface area contributed by atoms with Gasteiger partial charge in [0.15, 0.2) is 11.6 Å². The number of benzene rings is 1. The summed E-state index contributed by atoms with van der Waals surface area (Å²) >= 11 is 0. The van der Waals surface area contributed by atoms with Gasteiger partial charge in [0.25, 0.3) is 0 Å². The molecule has 1 aliphatic heterocycles. The smallest absolute Gasteiger partial charge is 0.320 e. The fourth-order valence-electron chi connectivity index (χ4n) is 2.17. The molecule has 2 atom stereocenters. The minimum atomic E-state index is -0.896. The highest BCUT2D eigenvalue weighted by Crippen LogP contribution is 2.22. The van der Waals surface area contributed by atoms with Gasteiger partial charge in [-0.3, -0.25) is 4.79 Å². The van der Waals surface area contributed by atoms with E-state index in [4.69, 9.17) is 5.11 Å². The average molecular weight is 278 g/mol. The van der Waals surface area contributed by atoms with Gasteiger partial charge in [0, 0.05) is 0 Å². The topological polar surface area (TPSA) is 49.3 Å². The molecule has 1 heterocycles. The molecule has 3 nitrogen and oxygen atoms in total. The van der Waals surface area contributed by atoms with Gasteiger partial charge in [-0.05, 0) is 36.9 Å². The molecule has 0 radical (unpaired) electrons. The van der Waals surface area contributed by atoms with Crippen molar-refractivity contribution in [3.05, 3.63) is 35.4 Å². The van der Waals surface area contributed by atoms with Gasteiger partial charge in [0.05, 0.1) is 0 Å². The zero-order chi connectivity index (χ0) is 12.4. The van der Waals surface area contributed by atoms with E-state index in [1.165, 1.54) is 12.1 Å². The molecule has 0 unspecified atom stereocenters. The first kappa shape index (κ1) is 14.9. The van der Waals surface area contributed by atoms with Crippen LogP contribution in [-0.4, -0.2) is 23.7 Å². The fraction of sp³-hybridized carbons (Fsp3) is 0.417. The van der Waals surface area contributed by atoms with Gasteiger partial charge in [-0.1, -0.05) is 12.1 Å². The molecule has 0 aliphatic carbocycles. The Balaban J connectivity index is 0.00000162.